The van der Waals surface area contributed by atoms with Crippen LogP contribution >= 0.6 is 0 Å². The van der Waals surface area contributed by atoms with Crippen LogP contribution in [0.2, 0.25) is 0 Å². The van der Waals surface area contributed by atoms with Crippen LogP contribution in [0.4, 0.5) is 0 Å². The highest BCUT2D eigenvalue weighted by atomic mass is 32.2. The predicted molar refractivity (Wildman–Crippen MR) is 90.9 cm³/mol. The number of hydrogen-bond acceptors (Lipinski definition) is 5. The van der Waals surface area contributed by atoms with Crippen molar-refractivity contribution in [2.45, 2.75) is 45.1 Å². The van der Waals surface area contributed by atoms with E-state index in [9.17, 15) is 8.42 Å². The lowest BCUT2D eigenvalue weighted by Gasteiger charge is -2.42. The average Bonchev–Trinajstić information content (AvgIpc) is 2.48. The van der Waals surface area contributed by atoms with Gasteiger partial charge in [0.05, 0.1) is 17.0 Å². The number of allylic oxidation sites excluding steroid dienone is 4. The SMILES string of the molecule is CC1=CC=C(C)N(C(C)(C)COS(=O)(=O)c2ccc(C)cc2)N1. The minimum atomic E-state index is -3.77. The van der Waals surface area contributed by atoms with Crippen molar-refractivity contribution in [1.82, 2.24) is 10.4 Å². The van der Waals surface area contributed by atoms with Gasteiger partial charge in [-0.3, -0.25) is 9.19 Å². The van der Waals surface area contributed by atoms with Crippen LogP contribution in [0.15, 0.2) is 52.7 Å². The third-order valence-corrected chi connectivity index (χ3v) is 4.98. The number of aryl methyl sites for hydroxylation is 1. The third kappa shape index (κ3) is 4.14. The molecule has 0 spiro atoms. The molecular weight excluding hydrogens is 312 g/mol. The fraction of sp³-hybridized carbons (Fsp3) is 0.412. The molecule has 1 aromatic rings. The third-order valence-electron chi connectivity index (χ3n) is 3.70. The second-order valence-electron chi connectivity index (χ2n) is 6.45. The highest BCUT2D eigenvalue weighted by molar-refractivity contribution is 7.86. The maximum absolute atomic E-state index is 12.3. The molecular formula is C17H24N2O3S. The summed E-state index contributed by atoms with van der Waals surface area (Å²) in [4.78, 5) is 0.175. The molecule has 0 radical (unpaired) electrons. The van der Waals surface area contributed by atoms with Crippen molar-refractivity contribution in [3.63, 3.8) is 0 Å². The highest BCUT2D eigenvalue weighted by Crippen LogP contribution is 2.24. The van der Waals surface area contributed by atoms with E-state index in [0.29, 0.717) is 0 Å². The molecule has 5 nitrogen and oxygen atoms in total. The zero-order chi connectivity index (χ0) is 17.3. The lowest BCUT2D eigenvalue weighted by atomic mass is 10.1. The van der Waals surface area contributed by atoms with Crippen LogP contribution in [0.3, 0.4) is 0 Å². The van der Waals surface area contributed by atoms with E-state index in [2.05, 4.69) is 5.43 Å². The molecule has 1 N–H and O–H groups in total. The summed E-state index contributed by atoms with van der Waals surface area (Å²) in [6.07, 6.45) is 3.97. The molecule has 0 bridgehead atoms. The van der Waals surface area contributed by atoms with Gasteiger partial charge in [0.1, 0.15) is 0 Å². The summed E-state index contributed by atoms with van der Waals surface area (Å²) < 4.78 is 30.0. The maximum atomic E-state index is 12.3. The lowest BCUT2D eigenvalue weighted by Crippen LogP contribution is -2.53. The number of nitrogens with zero attached hydrogens (tertiary/aromatic N) is 1. The molecule has 0 amide bonds. The first kappa shape index (κ1) is 17.6. The molecule has 0 aliphatic carbocycles. The molecule has 6 heteroatoms. The zero-order valence-corrected chi connectivity index (χ0v) is 15.1. The predicted octanol–water partition coefficient (Wildman–Crippen LogP) is 3.11. The number of rotatable bonds is 5. The molecule has 0 aromatic heterocycles. The van der Waals surface area contributed by atoms with Crippen LogP contribution in [-0.2, 0) is 14.3 Å². The van der Waals surface area contributed by atoms with E-state index in [-0.39, 0.29) is 11.5 Å². The number of hydrazine groups is 1. The van der Waals surface area contributed by atoms with Gasteiger partial charge in [-0.2, -0.15) is 8.42 Å². The van der Waals surface area contributed by atoms with Gasteiger partial charge in [-0.15, -0.1) is 0 Å². The minimum absolute atomic E-state index is 0.0364. The van der Waals surface area contributed by atoms with E-state index in [1.807, 2.05) is 51.8 Å². The first-order chi connectivity index (χ1) is 10.6. The van der Waals surface area contributed by atoms with Crippen molar-refractivity contribution in [3.8, 4) is 0 Å². The van der Waals surface area contributed by atoms with Crippen molar-refractivity contribution in [1.29, 1.82) is 0 Å². The van der Waals surface area contributed by atoms with Crippen LogP contribution in [0.5, 0.6) is 0 Å². The van der Waals surface area contributed by atoms with Crippen LogP contribution in [-0.4, -0.2) is 25.6 Å². The molecule has 0 saturated heterocycles. The minimum Gasteiger partial charge on any atom is -0.303 e. The van der Waals surface area contributed by atoms with Gasteiger partial charge in [0.25, 0.3) is 10.1 Å². The van der Waals surface area contributed by atoms with E-state index < -0.39 is 15.7 Å². The van der Waals surface area contributed by atoms with Crippen molar-refractivity contribution in [2.75, 3.05) is 6.61 Å². The Balaban J connectivity index is 2.11. The van der Waals surface area contributed by atoms with E-state index in [4.69, 9.17) is 4.18 Å². The molecule has 1 heterocycles. The maximum Gasteiger partial charge on any atom is 0.297 e. The summed E-state index contributed by atoms with van der Waals surface area (Å²) in [5.41, 5.74) is 5.70. The monoisotopic (exact) mass is 336 g/mol. The van der Waals surface area contributed by atoms with Crippen molar-refractivity contribution >= 4 is 10.1 Å². The Morgan fingerprint density at radius 2 is 1.70 bits per heavy atom. The molecule has 126 valence electrons. The Hall–Kier alpha value is -1.79. The van der Waals surface area contributed by atoms with Crippen molar-refractivity contribution in [2.24, 2.45) is 0 Å². The van der Waals surface area contributed by atoms with E-state index in [0.717, 1.165) is 17.0 Å². The first-order valence-electron chi connectivity index (χ1n) is 7.50. The molecule has 0 atom stereocenters. The summed E-state index contributed by atoms with van der Waals surface area (Å²) in [7, 11) is -3.77. The second-order valence-corrected chi connectivity index (χ2v) is 8.06. The second kappa shape index (κ2) is 6.37. The molecule has 1 aromatic carbocycles. The van der Waals surface area contributed by atoms with E-state index in [1.54, 1.807) is 24.3 Å². The van der Waals surface area contributed by atoms with Gasteiger partial charge >= 0.3 is 0 Å². The summed E-state index contributed by atoms with van der Waals surface area (Å²) in [6, 6.07) is 6.65. The van der Waals surface area contributed by atoms with Crippen LogP contribution < -0.4 is 5.43 Å². The summed E-state index contributed by atoms with van der Waals surface area (Å²) in [6.45, 7) is 9.73. The van der Waals surface area contributed by atoms with Gasteiger partial charge in [0, 0.05) is 11.4 Å². The summed E-state index contributed by atoms with van der Waals surface area (Å²) in [5.74, 6) is 0. The van der Waals surface area contributed by atoms with Gasteiger partial charge in [-0.1, -0.05) is 17.7 Å². The fourth-order valence-electron chi connectivity index (χ4n) is 2.31. The normalized spacial score (nSPS) is 15.8. The molecule has 1 aliphatic rings. The Morgan fingerprint density at radius 3 is 2.30 bits per heavy atom. The molecule has 2 rings (SSSR count). The summed E-state index contributed by atoms with van der Waals surface area (Å²) in [5, 5.41) is 1.92. The average molecular weight is 336 g/mol. The molecule has 0 unspecified atom stereocenters. The van der Waals surface area contributed by atoms with Crippen LogP contribution in [0, 0.1) is 6.92 Å². The van der Waals surface area contributed by atoms with Gasteiger partial charge in [-0.25, -0.2) is 0 Å². The topological polar surface area (TPSA) is 58.6 Å². The molecule has 0 fully saturated rings. The largest absolute Gasteiger partial charge is 0.303 e. The van der Waals surface area contributed by atoms with Crippen molar-refractivity contribution < 1.29 is 12.6 Å². The smallest absolute Gasteiger partial charge is 0.297 e. The standard InChI is InChI=1S/C17H24N2O3S/c1-13-6-10-16(11-7-13)23(20,21)22-12-17(4,5)19-15(3)9-8-14(2)18-19/h6-11,18H,12H2,1-5H3. The number of hydrogen-bond donors (Lipinski definition) is 1. The quantitative estimate of drug-likeness (QED) is 0.837. The molecule has 0 saturated carbocycles. The van der Waals surface area contributed by atoms with E-state index >= 15 is 0 Å². The van der Waals surface area contributed by atoms with Crippen molar-refractivity contribution in [3.05, 3.63) is 53.4 Å². The highest BCUT2D eigenvalue weighted by Gasteiger charge is 2.31. The fourth-order valence-corrected chi connectivity index (χ4v) is 3.36. The van der Waals surface area contributed by atoms with Gasteiger partial charge in [-0.05, 0) is 58.9 Å². The first-order valence-corrected chi connectivity index (χ1v) is 8.91. The number of benzene rings is 1. The van der Waals surface area contributed by atoms with Crippen LogP contribution in [0.1, 0.15) is 33.3 Å². The van der Waals surface area contributed by atoms with Gasteiger partial charge in [0.2, 0.25) is 0 Å². The Labute approximate surface area is 138 Å². The van der Waals surface area contributed by atoms with Gasteiger partial charge < -0.3 is 5.43 Å². The lowest BCUT2D eigenvalue weighted by molar-refractivity contribution is 0.0666. The molecule has 1 aliphatic heterocycles. The zero-order valence-electron chi connectivity index (χ0n) is 14.3. The summed E-state index contributed by atoms with van der Waals surface area (Å²) >= 11 is 0. The Morgan fingerprint density at radius 1 is 1.09 bits per heavy atom. The Kier molecular flexibility index (Phi) is 4.87. The Bertz CT molecular complexity index is 732. The van der Waals surface area contributed by atoms with Gasteiger partial charge in [0.15, 0.2) is 0 Å². The molecule has 23 heavy (non-hydrogen) atoms. The van der Waals surface area contributed by atoms with Crippen LogP contribution in [0.25, 0.3) is 0 Å². The number of nitrogens with one attached hydrogen (secondary N) is 1. The van der Waals surface area contributed by atoms with E-state index in [1.165, 1.54) is 0 Å².